The maximum Gasteiger partial charge on any atom is 0.315 e. The first-order valence-electron chi connectivity index (χ1n) is 9.27. The van der Waals surface area contributed by atoms with Gasteiger partial charge >= 0.3 is 6.03 Å². The van der Waals surface area contributed by atoms with Crippen LogP contribution in [-0.4, -0.2) is 41.1 Å². The zero-order valence-electron chi connectivity index (χ0n) is 14.9. The van der Waals surface area contributed by atoms with Gasteiger partial charge < -0.3 is 15.4 Å². The number of nitrogens with one attached hydrogen (secondary N) is 2. The van der Waals surface area contributed by atoms with Gasteiger partial charge in [0, 0.05) is 37.9 Å². The van der Waals surface area contributed by atoms with Crippen LogP contribution in [0.15, 0.2) is 12.4 Å². The molecule has 2 aliphatic carbocycles. The van der Waals surface area contributed by atoms with Gasteiger partial charge in [-0.2, -0.15) is 5.10 Å². The summed E-state index contributed by atoms with van der Waals surface area (Å²) < 4.78 is 7.70. The number of ether oxygens (including phenoxy) is 1. The van der Waals surface area contributed by atoms with E-state index in [1.807, 2.05) is 24.1 Å². The van der Waals surface area contributed by atoms with Crippen molar-refractivity contribution in [3.05, 3.63) is 18.0 Å². The van der Waals surface area contributed by atoms with Crippen LogP contribution in [0.25, 0.3) is 0 Å². The lowest BCUT2D eigenvalue weighted by Gasteiger charge is -2.53. The molecule has 6 heteroatoms. The van der Waals surface area contributed by atoms with E-state index in [0.29, 0.717) is 12.6 Å². The van der Waals surface area contributed by atoms with Crippen molar-refractivity contribution in [3.63, 3.8) is 0 Å². The van der Waals surface area contributed by atoms with Crippen molar-refractivity contribution in [2.45, 2.75) is 64.0 Å². The summed E-state index contributed by atoms with van der Waals surface area (Å²) in [6, 6.07) is 0.238. The van der Waals surface area contributed by atoms with E-state index < -0.39 is 0 Å². The monoisotopic (exact) mass is 334 g/mol. The van der Waals surface area contributed by atoms with Crippen LogP contribution < -0.4 is 10.6 Å². The molecular formula is C18H30N4O2. The maximum atomic E-state index is 12.2. The molecule has 2 N–H and O–H groups in total. The highest BCUT2D eigenvalue weighted by Gasteiger charge is 2.57. The van der Waals surface area contributed by atoms with Gasteiger partial charge in [0.05, 0.1) is 12.3 Å². The summed E-state index contributed by atoms with van der Waals surface area (Å²) >= 11 is 0. The predicted molar refractivity (Wildman–Crippen MR) is 92.8 cm³/mol. The standard InChI is InChI=1S/C18H30N4O2/c1-3-24-16-11-15(18(16)8-4-5-9-18)21-17(23)19-10-6-7-14-12-20-22(2)13-14/h12-13,15-16H,3-11H2,1-2H3,(H2,19,21,23). The van der Waals surface area contributed by atoms with Crippen LogP contribution in [0.4, 0.5) is 4.79 Å². The minimum Gasteiger partial charge on any atom is -0.378 e. The highest BCUT2D eigenvalue weighted by atomic mass is 16.5. The molecule has 0 saturated heterocycles. The Morgan fingerprint density at radius 1 is 1.46 bits per heavy atom. The Hall–Kier alpha value is -1.56. The molecule has 2 unspecified atom stereocenters. The van der Waals surface area contributed by atoms with Gasteiger partial charge in [-0.25, -0.2) is 4.79 Å². The third-order valence-electron chi connectivity index (χ3n) is 5.68. The van der Waals surface area contributed by atoms with E-state index in [-0.39, 0.29) is 17.5 Å². The van der Waals surface area contributed by atoms with Gasteiger partial charge in [0.2, 0.25) is 0 Å². The number of rotatable bonds is 7. The van der Waals surface area contributed by atoms with Crippen molar-refractivity contribution >= 4 is 6.03 Å². The van der Waals surface area contributed by atoms with Gasteiger partial charge in [-0.3, -0.25) is 4.68 Å². The zero-order valence-corrected chi connectivity index (χ0v) is 14.9. The molecule has 1 aromatic heterocycles. The topological polar surface area (TPSA) is 68.2 Å². The van der Waals surface area contributed by atoms with Gasteiger partial charge in [-0.15, -0.1) is 0 Å². The average molecular weight is 334 g/mol. The maximum absolute atomic E-state index is 12.2. The van der Waals surface area contributed by atoms with Crippen LogP contribution in [0, 0.1) is 5.41 Å². The van der Waals surface area contributed by atoms with Crippen molar-refractivity contribution in [2.24, 2.45) is 12.5 Å². The summed E-state index contributed by atoms with van der Waals surface area (Å²) in [5.41, 5.74) is 1.41. The molecule has 2 saturated carbocycles. The number of nitrogens with zero attached hydrogens (tertiary/aromatic N) is 2. The molecule has 2 aliphatic rings. The Labute approximate surface area is 144 Å². The molecule has 1 spiro atoms. The average Bonchev–Trinajstić information content (AvgIpc) is 3.21. The Morgan fingerprint density at radius 2 is 2.25 bits per heavy atom. The molecule has 2 atom stereocenters. The smallest absolute Gasteiger partial charge is 0.315 e. The largest absolute Gasteiger partial charge is 0.378 e. The Kier molecular flexibility index (Phi) is 5.43. The molecule has 0 aliphatic heterocycles. The van der Waals surface area contributed by atoms with Crippen molar-refractivity contribution in [2.75, 3.05) is 13.2 Å². The summed E-state index contributed by atoms with van der Waals surface area (Å²) in [6.07, 6.45) is 11.9. The van der Waals surface area contributed by atoms with Gasteiger partial charge in [-0.1, -0.05) is 12.8 Å². The first kappa shape index (κ1) is 17.3. The summed E-state index contributed by atoms with van der Waals surface area (Å²) in [6.45, 7) is 3.51. The molecule has 1 heterocycles. The molecule has 1 aromatic rings. The third kappa shape index (κ3) is 3.58. The second-order valence-electron chi connectivity index (χ2n) is 7.20. The number of amides is 2. The molecule has 0 aromatic carbocycles. The molecule has 6 nitrogen and oxygen atoms in total. The highest BCUT2D eigenvalue weighted by Crippen LogP contribution is 2.54. The van der Waals surface area contributed by atoms with Crippen molar-refractivity contribution in [3.8, 4) is 0 Å². The normalized spacial score (nSPS) is 24.8. The molecule has 24 heavy (non-hydrogen) atoms. The van der Waals surface area contributed by atoms with Crippen LogP contribution in [0.3, 0.4) is 0 Å². The van der Waals surface area contributed by atoms with Gasteiger partial charge in [0.25, 0.3) is 0 Å². The van der Waals surface area contributed by atoms with Gasteiger partial charge in [-0.05, 0) is 44.6 Å². The minimum atomic E-state index is -0.0348. The third-order valence-corrected chi connectivity index (χ3v) is 5.68. The van der Waals surface area contributed by atoms with Crippen LogP contribution in [0.1, 0.15) is 51.0 Å². The minimum absolute atomic E-state index is 0.0348. The molecule has 0 radical (unpaired) electrons. The molecule has 0 bridgehead atoms. The Morgan fingerprint density at radius 3 is 2.92 bits per heavy atom. The van der Waals surface area contributed by atoms with E-state index in [1.165, 1.54) is 31.2 Å². The van der Waals surface area contributed by atoms with Crippen molar-refractivity contribution in [1.29, 1.82) is 0 Å². The number of hydrogen-bond donors (Lipinski definition) is 2. The summed E-state index contributed by atoms with van der Waals surface area (Å²) in [5.74, 6) is 0. The van der Waals surface area contributed by atoms with Crippen LogP contribution in [-0.2, 0) is 18.2 Å². The van der Waals surface area contributed by atoms with Gasteiger partial charge in [0.15, 0.2) is 0 Å². The number of carbonyl (C=O) groups is 1. The van der Waals surface area contributed by atoms with Gasteiger partial charge in [0.1, 0.15) is 0 Å². The van der Waals surface area contributed by atoms with E-state index in [1.54, 1.807) is 0 Å². The highest BCUT2D eigenvalue weighted by molar-refractivity contribution is 5.74. The Bertz CT molecular complexity index is 551. The summed E-state index contributed by atoms with van der Waals surface area (Å²) in [5, 5.41) is 10.3. The lowest BCUT2D eigenvalue weighted by Crippen LogP contribution is -2.64. The fourth-order valence-electron chi connectivity index (χ4n) is 4.39. The predicted octanol–water partition coefficient (Wildman–Crippen LogP) is 2.39. The quantitative estimate of drug-likeness (QED) is 0.752. The number of urea groups is 1. The van der Waals surface area contributed by atoms with E-state index in [0.717, 1.165) is 25.9 Å². The number of hydrogen-bond acceptors (Lipinski definition) is 3. The zero-order chi connectivity index (χ0) is 17.0. The molecule has 2 amide bonds. The molecule has 3 rings (SSSR count). The first-order valence-corrected chi connectivity index (χ1v) is 9.27. The first-order chi connectivity index (χ1) is 11.6. The lowest BCUT2D eigenvalue weighted by molar-refractivity contribution is -0.126. The fraction of sp³-hybridized carbons (Fsp3) is 0.778. The van der Waals surface area contributed by atoms with E-state index in [4.69, 9.17) is 4.74 Å². The number of aryl methyl sites for hydroxylation is 2. The lowest BCUT2D eigenvalue weighted by atomic mass is 9.60. The SMILES string of the molecule is CCOC1CC(NC(=O)NCCCc2cnn(C)c2)C12CCCC2. The summed E-state index contributed by atoms with van der Waals surface area (Å²) in [4.78, 5) is 12.2. The van der Waals surface area contributed by atoms with Crippen LogP contribution in [0.5, 0.6) is 0 Å². The second kappa shape index (κ2) is 7.55. The van der Waals surface area contributed by atoms with E-state index in [2.05, 4.69) is 22.7 Å². The number of carbonyl (C=O) groups excluding carboxylic acids is 1. The van der Waals surface area contributed by atoms with Crippen molar-refractivity contribution < 1.29 is 9.53 Å². The number of aromatic nitrogens is 2. The fourth-order valence-corrected chi connectivity index (χ4v) is 4.39. The summed E-state index contributed by atoms with van der Waals surface area (Å²) in [7, 11) is 1.92. The van der Waals surface area contributed by atoms with Crippen molar-refractivity contribution in [1.82, 2.24) is 20.4 Å². The van der Waals surface area contributed by atoms with E-state index >= 15 is 0 Å². The Balaban J connectivity index is 1.39. The molecule has 2 fully saturated rings. The molecule has 134 valence electrons. The van der Waals surface area contributed by atoms with Crippen LogP contribution in [0.2, 0.25) is 0 Å². The van der Waals surface area contributed by atoms with E-state index in [9.17, 15) is 4.79 Å². The van der Waals surface area contributed by atoms with Crippen LogP contribution >= 0.6 is 0 Å². The molecular weight excluding hydrogens is 304 g/mol. The second-order valence-corrected chi connectivity index (χ2v) is 7.20.